The summed E-state index contributed by atoms with van der Waals surface area (Å²) >= 11 is 1.78. The molecule has 0 aliphatic rings. The number of aryl methyl sites for hydroxylation is 1. The molecule has 8 heteroatoms. The summed E-state index contributed by atoms with van der Waals surface area (Å²) in [6.45, 7) is 5.86. The van der Waals surface area contributed by atoms with Gasteiger partial charge in [0.05, 0.1) is 26.9 Å². The predicted molar refractivity (Wildman–Crippen MR) is 126 cm³/mol. The molecule has 0 saturated carbocycles. The third-order valence-corrected chi connectivity index (χ3v) is 5.24. The average molecular weight is 519 g/mol. The summed E-state index contributed by atoms with van der Waals surface area (Å²) in [6.07, 6.45) is 0.328. The molecule has 0 saturated heterocycles. The van der Waals surface area contributed by atoms with Gasteiger partial charge in [-0.15, -0.1) is 35.3 Å². The van der Waals surface area contributed by atoms with E-state index in [2.05, 4.69) is 34.7 Å². The first kappa shape index (κ1) is 24.5. The number of hydrogen-bond acceptors (Lipinski definition) is 5. The molecular formula is C20H30IN3O3S. The maximum absolute atomic E-state index is 10.5. The summed E-state index contributed by atoms with van der Waals surface area (Å²) in [7, 11) is 3.18. The Hall–Kier alpha value is -1.52. The van der Waals surface area contributed by atoms with Gasteiger partial charge in [-0.1, -0.05) is 6.92 Å². The van der Waals surface area contributed by atoms with E-state index in [-0.39, 0.29) is 24.0 Å². The molecule has 1 aromatic carbocycles. The Morgan fingerprint density at radius 3 is 2.25 bits per heavy atom. The van der Waals surface area contributed by atoms with Gasteiger partial charge in [0.15, 0.2) is 5.96 Å². The molecule has 156 valence electrons. The Labute approximate surface area is 188 Å². The van der Waals surface area contributed by atoms with Gasteiger partial charge in [0.2, 0.25) is 0 Å². The van der Waals surface area contributed by atoms with Crippen molar-refractivity contribution >= 4 is 41.3 Å². The van der Waals surface area contributed by atoms with E-state index in [0.717, 1.165) is 18.5 Å². The highest BCUT2D eigenvalue weighted by atomic mass is 127. The van der Waals surface area contributed by atoms with Gasteiger partial charge in [-0.3, -0.25) is 0 Å². The van der Waals surface area contributed by atoms with Gasteiger partial charge in [-0.25, -0.2) is 4.99 Å². The van der Waals surface area contributed by atoms with Crippen molar-refractivity contribution in [1.29, 1.82) is 0 Å². The molecule has 28 heavy (non-hydrogen) atoms. The second-order valence-electron chi connectivity index (χ2n) is 5.96. The van der Waals surface area contributed by atoms with E-state index in [1.165, 1.54) is 9.75 Å². The highest BCUT2D eigenvalue weighted by Crippen LogP contribution is 2.26. The van der Waals surface area contributed by atoms with Crippen LogP contribution in [0.25, 0.3) is 0 Å². The van der Waals surface area contributed by atoms with Crippen LogP contribution in [0.2, 0.25) is 0 Å². The summed E-state index contributed by atoms with van der Waals surface area (Å²) in [5.74, 6) is 1.97. The summed E-state index contributed by atoms with van der Waals surface area (Å²) in [5.41, 5.74) is 0.723. The van der Waals surface area contributed by atoms with Crippen LogP contribution < -0.4 is 20.1 Å². The topological polar surface area (TPSA) is 75.1 Å². The Morgan fingerprint density at radius 1 is 1.07 bits per heavy atom. The second kappa shape index (κ2) is 12.8. The fourth-order valence-electron chi connectivity index (χ4n) is 2.53. The third kappa shape index (κ3) is 7.48. The zero-order chi connectivity index (χ0) is 19.6. The molecule has 6 nitrogen and oxygen atoms in total. The van der Waals surface area contributed by atoms with Crippen molar-refractivity contribution < 1.29 is 14.6 Å². The fourth-order valence-corrected chi connectivity index (χ4v) is 3.41. The number of aliphatic hydroxyl groups excluding tert-OH is 1. The fraction of sp³-hybridized carbons (Fsp3) is 0.450. The number of guanidine groups is 1. The van der Waals surface area contributed by atoms with Crippen molar-refractivity contribution in [2.24, 2.45) is 4.99 Å². The molecule has 0 spiro atoms. The van der Waals surface area contributed by atoms with Crippen LogP contribution in [-0.4, -0.2) is 38.4 Å². The normalized spacial score (nSPS) is 12.1. The Balaban J connectivity index is 0.00000392. The van der Waals surface area contributed by atoms with Crippen molar-refractivity contribution in [3.05, 3.63) is 45.6 Å². The highest BCUT2D eigenvalue weighted by Gasteiger charge is 2.12. The van der Waals surface area contributed by atoms with Crippen molar-refractivity contribution in [3.8, 4) is 11.5 Å². The smallest absolute Gasteiger partial charge is 0.191 e. The summed E-state index contributed by atoms with van der Waals surface area (Å²) in [5, 5.41) is 16.9. The van der Waals surface area contributed by atoms with Crippen LogP contribution in [0.3, 0.4) is 0 Å². The monoisotopic (exact) mass is 519 g/mol. The van der Waals surface area contributed by atoms with Crippen LogP contribution in [0.15, 0.2) is 35.3 Å². The van der Waals surface area contributed by atoms with Gasteiger partial charge < -0.3 is 25.2 Å². The molecule has 0 bridgehead atoms. The van der Waals surface area contributed by atoms with Crippen molar-refractivity contribution in [2.45, 2.75) is 32.9 Å². The molecule has 2 rings (SSSR count). The number of methoxy groups -OCH3 is 2. The van der Waals surface area contributed by atoms with Crippen molar-refractivity contribution in [2.75, 3.05) is 27.3 Å². The molecule has 1 atom stereocenters. The lowest BCUT2D eigenvalue weighted by Gasteiger charge is -2.17. The van der Waals surface area contributed by atoms with Crippen LogP contribution in [0.4, 0.5) is 0 Å². The maximum atomic E-state index is 10.5. The van der Waals surface area contributed by atoms with Crippen LogP contribution in [0, 0.1) is 0 Å². The largest absolute Gasteiger partial charge is 0.497 e. The van der Waals surface area contributed by atoms with E-state index in [4.69, 9.17) is 9.47 Å². The van der Waals surface area contributed by atoms with E-state index < -0.39 is 6.10 Å². The molecular weight excluding hydrogens is 489 g/mol. The van der Waals surface area contributed by atoms with E-state index >= 15 is 0 Å². The lowest BCUT2D eigenvalue weighted by atomic mass is 10.1. The Morgan fingerprint density at radius 2 is 1.71 bits per heavy atom. The standard InChI is InChI=1S/C20H29N3O3S.HI/c1-5-17-7-8-18(27-17)12-22-20(21-6-2)23-13-19(24)14-9-15(25-3)11-16(10-14)26-4;/h7-11,19,24H,5-6,12-13H2,1-4H3,(H2,21,22,23);1H. The van der Waals surface area contributed by atoms with Gasteiger partial charge in [0.1, 0.15) is 11.5 Å². The number of halogens is 1. The summed E-state index contributed by atoms with van der Waals surface area (Å²) in [6, 6.07) is 9.65. The van der Waals surface area contributed by atoms with Gasteiger partial charge in [0, 0.05) is 28.9 Å². The van der Waals surface area contributed by atoms with Crippen molar-refractivity contribution in [1.82, 2.24) is 10.6 Å². The minimum absolute atomic E-state index is 0. The van der Waals surface area contributed by atoms with Gasteiger partial charge in [-0.05, 0) is 43.2 Å². The number of thiophene rings is 1. The number of rotatable bonds is 9. The molecule has 0 amide bonds. The molecule has 0 aliphatic heterocycles. The van der Waals surface area contributed by atoms with E-state index in [0.29, 0.717) is 30.5 Å². The van der Waals surface area contributed by atoms with Gasteiger partial charge >= 0.3 is 0 Å². The van der Waals surface area contributed by atoms with E-state index in [9.17, 15) is 5.11 Å². The van der Waals surface area contributed by atoms with Crippen LogP contribution in [0.1, 0.15) is 35.3 Å². The molecule has 3 N–H and O–H groups in total. The molecule has 0 fully saturated rings. The third-order valence-electron chi connectivity index (χ3n) is 4.02. The number of hydrogen-bond donors (Lipinski definition) is 3. The van der Waals surface area contributed by atoms with E-state index in [1.54, 1.807) is 43.8 Å². The van der Waals surface area contributed by atoms with E-state index in [1.807, 2.05) is 6.92 Å². The number of aliphatic hydroxyl groups is 1. The average Bonchev–Trinajstić information content (AvgIpc) is 3.17. The zero-order valence-electron chi connectivity index (χ0n) is 16.8. The molecule has 1 unspecified atom stereocenters. The van der Waals surface area contributed by atoms with Crippen molar-refractivity contribution in [3.63, 3.8) is 0 Å². The summed E-state index contributed by atoms with van der Waals surface area (Å²) < 4.78 is 10.5. The quantitative estimate of drug-likeness (QED) is 0.268. The molecule has 0 aliphatic carbocycles. The first-order valence-corrected chi connectivity index (χ1v) is 9.92. The van der Waals surface area contributed by atoms with Gasteiger partial charge in [0.25, 0.3) is 0 Å². The van der Waals surface area contributed by atoms with Crippen LogP contribution in [-0.2, 0) is 13.0 Å². The zero-order valence-corrected chi connectivity index (χ0v) is 20.0. The molecule has 2 aromatic rings. The minimum Gasteiger partial charge on any atom is -0.497 e. The Kier molecular flexibility index (Phi) is 11.2. The SMILES string of the molecule is CCNC(=NCc1ccc(CC)s1)NCC(O)c1cc(OC)cc(OC)c1.I. The lowest BCUT2D eigenvalue weighted by Crippen LogP contribution is -2.39. The van der Waals surface area contributed by atoms with Gasteiger partial charge in [-0.2, -0.15) is 0 Å². The number of ether oxygens (including phenoxy) is 2. The molecule has 1 aromatic heterocycles. The second-order valence-corrected chi connectivity index (χ2v) is 7.21. The van der Waals surface area contributed by atoms with Crippen LogP contribution >= 0.6 is 35.3 Å². The minimum atomic E-state index is -0.716. The molecule has 1 heterocycles. The number of nitrogens with zero attached hydrogens (tertiary/aromatic N) is 1. The maximum Gasteiger partial charge on any atom is 0.191 e. The number of nitrogens with one attached hydrogen (secondary N) is 2. The number of aliphatic imine (C=N–C) groups is 1. The first-order chi connectivity index (χ1) is 13.1. The lowest BCUT2D eigenvalue weighted by molar-refractivity contribution is 0.180. The Bertz CT molecular complexity index is 730. The first-order valence-electron chi connectivity index (χ1n) is 9.10. The highest BCUT2D eigenvalue weighted by molar-refractivity contribution is 14.0. The molecule has 0 radical (unpaired) electrons. The number of benzene rings is 1. The predicted octanol–water partition coefficient (Wildman–Crippen LogP) is 3.73. The summed E-state index contributed by atoms with van der Waals surface area (Å²) in [4.78, 5) is 7.19. The van der Waals surface area contributed by atoms with Crippen LogP contribution in [0.5, 0.6) is 11.5 Å².